The summed E-state index contributed by atoms with van der Waals surface area (Å²) in [6.07, 6.45) is 3.47. The number of hydrogen-bond acceptors (Lipinski definition) is 7. The quantitative estimate of drug-likeness (QED) is 0.708. The summed E-state index contributed by atoms with van der Waals surface area (Å²) in [5, 5.41) is 3.01. The molecule has 1 aliphatic heterocycles. The van der Waals surface area contributed by atoms with Crippen molar-refractivity contribution in [1.82, 2.24) is 9.97 Å². The zero-order valence-electron chi connectivity index (χ0n) is 18.1. The summed E-state index contributed by atoms with van der Waals surface area (Å²) in [4.78, 5) is 23.3. The molecule has 0 unspecified atom stereocenters. The number of nitrogens with one attached hydrogen (secondary N) is 1. The highest BCUT2D eigenvalue weighted by atomic mass is 16.5. The number of methoxy groups -OCH3 is 3. The number of carbonyl (C=O) groups excluding carboxylic acids is 1. The molecule has 8 nitrogen and oxygen atoms in total. The van der Waals surface area contributed by atoms with Crippen molar-refractivity contribution in [1.29, 1.82) is 0 Å². The Hall–Kier alpha value is -3.03. The first kappa shape index (κ1) is 21.7. The van der Waals surface area contributed by atoms with E-state index in [-0.39, 0.29) is 5.91 Å². The summed E-state index contributed by atoms with van der Waals surface area (Å²) in [5.74, 6) is 2.51. The standard InChI is InChI=1S/C22H30N4O4/c1-15-12-17(28-2)8-9-18(15)23-20(27)10-7-16-6-5-11-26(14-16)19-13-21(29-3)25-22(24-19)30-4/h8-9,12-13,16H,5-7,10-11,14H2,1-4H3,(H,23,27)/t16-/m1/s1. The minimum atomic E-state index is 0.0331. The normalized spacial score (nSPS) is 16.1. The summed E-state index contributed by atoms with van der Waals surface area (Å²) < 4.78 is 15.7. The predicted molar refractivity (Wildman–Crippen MR) is 116 cm³/mol. The van der Waals surface area contributed by atoms with Crippen molar-refractivity contribution < 1.29 is 19.0 Å². The van der Waals surface area contributed by atoms with E-state index in [4.69, 9.17) is 14.2 Å². The van der Waals surface area contributed by atoms with Crippen molar-refractivity contribution in [3.8, 4) is 17.6 Å². The van der Waals surface area contributed by atoms with Crippen LogP contribution in [-0.2, 0) is 4.79 Å². The number of ether oxygens (including phenoxy) is 3. The van der Waals surface area contributed by atoms with Gasteiger partial charge in [-0.15, -0.1) is 0 Å². The van der Waals surface area contributed by atoms with Crippen LogP contribution in [0.4, 0.5) is 11.5 Å². The fourth-order valence-corrected chi connectivity index (χ4v) is 3.71. The second kappa shape index (κ2) is 10.1. The smallest absolute Gasteiger partial charge is 0.321 e. The molecule has 1 atom stereocenters. The first-order valence-corrected chi connectivity index (χ1v) is 10.2. The fraction of sp³-hybridized carbons (Fsp3) is 0.500. The van der Waals surface area contributed by atoms with E-state index >= 15 is 0 Å². The van der Waals surface area contributed by atoms with E-state index < -0.39 is 0 Å². The van der Waals surface area contributed by atoms with Crippen LogP contribution in [0.3, 0.4) is 0 Å². The van der Waals surface area contributed by atoms with Gasteiger partial charge in [-0.25, -0.2) is 0 Å². The molecule has 8 heteroatoms. The minimum absolute atomic E-state index is 0.0331. The molecule has 0 radical (unpaired) electrons. The average Bonchev–Trinajstić information content (AvgIpc) is 2.78. The Labute approximate surface area is 177 Å². The van der Waals surface area contributed by atoms with E-state index in [1.54, 1.807) is 21.3 Å². The average molecular weight is 415 g/mol. The van der Waals surface area contributed by atoms with Crippen LogP contribution in [-0.4, -0.2) is 50.3 Å². The molecule has 1 saturated heterocycles. The van der Waals surface area contributed by atoms with Crippen LogP contribution in [0.1, 0.15) is 31.2 Å². The lowest BCUT2D eigenvalue weighted by atomic mass is 9.93. The summed E-state index contributed by atoms with van der Waals surface area (Å²) in [6, 6.07) is 7.76. The fourth-order valence-electron chi connectivity index (χ4n) is 3.71. The molecule has 1 N–H and O–H groups in total. The number of aromatic nitrogens is 2. The van der Waals surface area contributed by atoms with E-state index in [9.17, 15) is 4.79 Å². The van der Waals surface area contributed by atoms with E-state index in [1.807, 2.05) is 31.2 Å². The van der Waals surface area contributed by atoms with Crippen molar-refractivity contribution in [2.24, 2.45) is 5.92 Å². The lowest BCUT2D eigenvalue weighted by Crippen LogP contribution is -2.36. The van der Waals surface area contributed by atoms with Crippen molar-refractivity contribution in [3.05, 3.63) is 29.8 Å². The second-order valence-corrected chi connectivity index (χ2v) is 7.48. The van der Waals surface area contributed by atoms with E-state index in [1.165, 1.54) is 0 Å². The molecule has 30 heavy (non-hydrogen) atoms. The number of benzene rings is 1. The van der Waals surface area contributed by atoms with Crippen molar-refractivity contribution in [3.63, 3.8) is 0 Å². The van der Waals surface area contributed by atoms with Crippen LogP contribution < -0.4 is 24.4 Å². The number of amides is 1. The highest BCUT2D eigenvalue weighted by molar-refractivity contribution is 5.91. The highest BCUT2D eigenvalue weighted by Crippen LogP contribution is 2.28. The van der Waals surface area contributed by atoms with Gasteiger partial charge in [0.05, 0.1) is 21.3 Å². The summed E-state index contributed by atoms with van der Waals surface area (Å²) in [5.41, 5.74) is 1.81. The lowest BCUT2D eigenvalue weighted by molar-refractivity contribution is -0.116. The van der Waals surface area contributed by atoms with Gasteiger partial charge < -0.3 is 24.4 Å². The van der Waals surface area contributed by atoms with Crippen molar-refractivity contribution in [2.45, 2.75) is 32.6 Å². The number of hydrogen-bond donors (Lipinski definition) is 1. The largest absolute Gasteiger partial charge is 0.497 e. The van der Waals surface area contributed by atoms with Gasteiger partial charge in [0.1, 0.15) is 11.6 Å². The van der Waals surface area contributed by atoms with Crippen LogP contribution in [0, 0.1) is 12.8 Å². The number of nitrogens with zero attached hydrogens (tertiary/aromatic N) is 3. The maximum absolute atomic E-state index is 12.5. The van der Waals surface area contributed by atoms with Gasteiger partial charge in [0, 0.05) is 31.3 Å². The van der Waals surface area contributed by atoms with Crippen LogP contribution in [0.25, 0.3) is 0 Å². The van der Waals surface area contributed by atoms with E-state index in [0.717, 1.165) is 55.2 Å². The molecule has 0 bridgehead atoms. The SMILES string of the molecule is COc1ccc(NC(=O)CC[C@H]2CCCN(c3cc(OC)nc(OC)n3)C2)c(C)c1. The van der Waals surface area contributed by atoms with Gasteiger partial charge in [-0.05, 0) is 55.9 Å². The molecule has 0 aliphatic carbocycles. The summed E-state index contributed by atoms with van der Waals surface area (Å²) in [6.45, 7) is 3.72. The van der Waals surface area contributed by atoms with Gasteiger partial charge >= 0.3 is 6.01 Å². The third-order valence-corrected chi connectivity index (χ3v) is 5.39. The van der Waals surface area contributed by atoms with Crippen molar-refractivity contribution in [2.75, 3.05) is 44.6 Å². The molecule has 162 valence electrons. The number of anilines is 2. The lowest BCUT2D eigenvalue weighted by Gasteiger charge is -2.33. The van der Waals surface area contributed by atoms with Gasteiger partial charge in [-0.3, -0.25) is 4.79 Å². The van der Waals surface area contributed by atoms with Crippen LogP contribution in [0.5, 0.6) is 17.6 Å². The van der Waals surface area contributed by atoms with Gasteiger partial charge in [0.15, 0.2) is 0 Å². The molecule has 1 amide bonds. The molecule has 2 aromatic rings. The predicted octanol–water partition coefficient (Wildman–Crippen LogP) is 3.45. The van der Waals surface area contributed by atoms with Gasteiger partial charge in [-0.1, -0.05) is 0 Å². The Bertz CT molecular complexity index is 852. The van der Waals surface area contributed by atoms with Crippen LogP contribution >= 0.6 is 0 Å². The first-order chi connectivity index (χ1) is 14.5. The first-order valence-electron chi connectivity index (χ1n) is 10.2. The van der Waals surface area contributed by atoms with E-state index in [0.29, 0.717) is 24.2 Å². The molecule has 1 fully saturated rings. The van der Waals surface area contributed by atoms with Crippen LogP contribution in [0.15, 0.2) is 24.3 Å². The monoisotopic (exact) mass is 414 g/mol. The molecular weight excluding hydrogens is 384 g/mol. The second-order valence-electron chi connectivity index (χ2n) is 7.48. The Kier molecular flexibility index (Phi) is 7.32. The van der Waals surface area contributed by atoms with Crippen LogP contribution in [0.2, 0.25) is 0 Å². The number of carbonyl (C=O) groups is 1. The molecular formula is C22H30N4O4. The van der Waals surface area contributed by atoms with Gasteiger partial charge in [0.25, 0.3) is 0 Å². The molecule has 1 aromatic carbocycles. The molecule has 3 rings (SSSR count). The maximum atomic E-state index is 12.5. The topological polar surface area (TPSA) is 85.8 Å². The Balaban J connectivity index is 1.56. The zero-order valence-corrected chi connectivity index (χ0v) is 18.1. The molecule has 1 aromatic heterocycles. The van der Waals surface area contributed by atoms with Gasteiger partial charge in [0.2, 0.25) is 11.8 Å². The Morgan fingerprint density at radius 1 is 1.17 bits per heavy atom. The van der Waals surface area contributed by atoms with Gasteiger partial charge in [-0.2, -0.15) is 9.97 Å². The Morgan fingerprint density at radius 3 is 2.70 bits per heavy atom. The third kappa shape index (κ3) is 5.52. The highest BCUT2D eigenvalue weighted by Gasteiger charge is 2.23. The zero-order chi connectivity index (χ0) is 21.5. The number of piperidine rings is 1. The van der Waals surface area contributed by atoms with Crippen molar-refractivity contribution >= 4 is 17.4 Å². The molecule has 0 saturated carbocycles. The number of rotatable bonds is 8. The maximum Gasteiger partial charge on any atom is 0.321 e. The van der Waals surface area contributed by atoms with E-state index in [2.05, 4.69) is 20.2 Å². The summed E-state index contributed by atoms with van der Waals surface area (Å²) in [7, 11) is 4.75. The molecule has 2 heterocycles. The molecule has 1 aliphatic rings. The Morgan fingerprint density at radius 2 is 2.00 bits per heavy atom. The molecule has 0 spiro atoms. The minimum Gasteiger partial charge on any atom is -0.497 e. The third-order valence-electron chi connectivity index (χ3n) is 5.39. The number of aryl methyl sites for hydroxylation is 1. The summed E-state index contributed by atoms with van der Waals surface area (Å²) >= 11 is 0.